The number of nitrogens with one attached hydrogen (secondary N) is 1. The largest absolute Gasteiger partial charge is 0.396 e. The fourth-order valence-electron chi connectivity index (χ4n) is 4.73. The van der Waals surface area contributed by atoms with E-state index in [1.54, 1.807) is 0 Å². The molecular weight excluding hydrogens is 451 g/mol. The van der Waals surface area contributed by atoms with Crippen molar-refractivity contribution in [3.63, 3.8) is 0 Å². The summed E-state index contributed by atoms with van der Waals surface area (Å²) in [7, 11) is 0. The minimum Gasteiger partial charge on any atom is -0.396 e. The van der Waals surface area contributed by atoms with E-state index in [4.69, 9.17) is 33.9 Å². The van der Waals surface area contributed by atoms with Crippen molar-refractivity contribution in [2.45, 2.75) is 129 Å². The number of aromatic nitrogens is 1. The monoisotopic (exact) mass is 498 g/mol. The lowest BCUT2D eigenvalue weighted by Crippen LogP contribution is -2.22. The van der Waals surface area contributed by atoms with Gasteiger partial charge in [0.15, 0.2) is 5.82 Å². The maximum atomic E-state index is 6.46. The van der Waals surface area contributed by atoms with Crippen molar-refractivity contribution in [2.24, 2.45) is 0 Å². The molecule has 1 unspecified atom stereocenters. The second-order valence-electron chi connectivity index (χ2n) is 9.95. The fraction of sp³-hybridized carbons (Fsp3) is 0.815. The molecule has 33 heavy (non-hydrogen) atoms. The maximum absolute atomic E-state index is 6.46. The lowest BCUT2D eigenvalue weighted by atomic mass is 10.0. The average molecular weight is 500 g/mol. The summed E-state index contributed by atoms with van der Waals surface area (Å²) in [6.45, 7) is 6.43. The van der Waals surface area contributed by atoms with E-state index < -0.39 is 0 Å². The molecule has 1 aromatic heterocycles. The van der Waals surface area contributed by atoms with Gasteiger partial charge in [0.05, 0.1) is 5.69 Å². The quantitative estimate of drug-likeness (QED) is 0.198. The van der Waals surface area contributed by atoms with Gasteiger partial charge in [0.1, 0.15) is 15.9 Å². The molecule has 0 spiro atoms. The van der Waals surface area contributed by atoms with Crippen LogP contribution in [0.5, 0.6) is 0 Å². The van der Waals surface area contributed by atoms with Gasteiger partial charge in [-0.05, 0) is 26.2 Å². The zero-order valence-corrected chi connectivity index (χ0v) is 22.8. The van der Waals surface area contributed by atoms with Gasteiger partial charge < -0.3 is 16.0 Å². The highest BCUT2D eigenvalue weighted by Gasteiger charge is 2.22. The SMILES string of the molecule is CCCCCCCCCCCCCCCCC(C)Nc1nc(N2CCCC2)c(Cl)c(N)c1Cl. The molecule has 1 aliphatic rings. The van der Waals surface area contributed by atoms with Gasteiger partial charge in [0.25, 0.3) is 0 Å². The molecule has 1 aromatic rings. The number of hydrogen-bond donors (Lipinski definition) is 2. The summed E-state index contributed by atoms with van der Waals surface area (Å²) >= 11 is 12.9. The molecule has 0 amide bonds. The summed E-state index contributed by atoms with van der Waals surface area (Å²) < 4.78 is 0. The number of hydrogen-bond acceptors (Lipinski definition) is 4. The van der Waals surface area contributed by atoms with Gasteiger partial charge in [-0.2, -0.15) is 0 Å². The molecule has 0 saturated carbocycles. The Morgan fingerprint density at radius 2 is 1.30 bits per heavy atom. The van der Waals surface area contributed by atoms with E-state index in [2.05, 4.69) is 24.1 Å². The Hall–Kier alpha value is -0.870. The van der Waals surface area contributed by atoms with Gasteiger partial charge in [-0.1, -0.05) is 120 Å². The van der Waals surface area contributed by atoms with Crippen LogP contribution in [-0.2, 0) is 0 Å². The van der Waals surface area contributed by atoms with E-state index in [0.717, 1.165) is 25.3 Å². The lowest BCUT2D eigenvalue weighted by Gasteiger charge is -2.23. The van der Waals surface area contributed by atoms with E-state index in [-0.39, 0.29) is 0 Å². The van der Waals surface area contributed by atoms with Gasteiger partial charge in [-0.25, -0.2) is 4.98 Å². The maximum Gasteiger partial charge on any atom is 0.152 e. The van der Waals surface area contributed by atoms with E-state index in [9.17, 15) is 0 Å². The molecular formula is C27H48Cl2N4. The van der Waals surface area contributed by atoms with Crippen molar-refractivity contribution in [2.75, 3.05) is 29.0 Å². The van der Waals surface area contributed by atoms with Gasteiger partial charge >= 0.3 is 0 Å². The van der Waals surface area contributed by atoms with Crippen LogP contribution in [0, 0.1) is 0 Å². The van der Waals surface area contributed by atoms with Gasteiger partial charge in [-0.15, -0.1) is 0 Å². The van der Waals surface area contributed by atoms with Crippen molar-refractivity contribution in [1.82, 2.24) is 4.98 Å². The first-order valence-electron chi connectivity index (χ1n) is 13.7. The summed E-state index contributed by atoms with van der Waals surface area (Å²) in [4.78, 5) is 6.95. The first-order chi connectivity index (χ1) is 16.0. The Labute approximate surface area is 213 Å². The molecule has 6 heteroatoms. The molecule has 3 N–H and O–H groups in total. The Kier molecular flexibility index (Phi) is 14.4. The highest BCUT2D eigenvalue weighted by molar-refractivity contribution is 6.41. The Morgan fingerprint density at radius 3 is 1.82 bits per heavy atom. The molecule has 0 radical (unpaired) electrons. The van der Waals surface area contributed by atoms with Gasteiger partial charge in [0, 0.05) is 19.1 Å². The highest BCUT2D eigenvalue weighted by Crippen LogP contribution is 2.40. The van der Waals surface area contributed by atoms with Crippen LogP contribution in [0.2, 0.25) is 10.0 Å². The first kappa shape index (κ1) is 28.4. The number of nitrogen functional groups attached to an aromatic ring is 1. The van der Waals surface area contributed by atoms with Crippen molar-refractivity contribution in [3.05, 3.63) is 10.0 Å². The minimum atomic E-state index is 0.305. The summed E-state index contributed by atoms with van der Waals surface area (Å²) in [5.74, 6) is 1.43. The van der Waals surface area contributed by atoms with Crippen LogP contribution < -0.4 is 16.0 Å². The molecule has 1 fully saturated rings. The van der Waals surface area contributed by atoms with E-state index in [1.165, 1.54) is 103 Å². The van der Waals surface area contributed by atoms with E-state index in [0.29, 0.717) is 27.6 Å². The molecule has 1 atom stereocenters. The molecule has 0 bridgehead atoms. The summed E-state index contributed by atoms with van der Waals surface area (Å²) in [5.41, 5.74) is 6.62. The molecule has 1 aliphatic heterocycles. The van der Waals surface area contributed by atoms with E-state index >= 15 is 0 Å². The standard InChI is InChI=1S/C27H48Cl2N4/c1-3-4-5-6-7-8-9-10-11-12-13-14-15-16-19-22(2)31-26-23(28)25(30)24(29)27(32-26)33-20-17-18-21-33/h22H,3-21H2,1-2H3,(H3,30,31,32). The molecule has 190 valence electrons. The van der Waals surface area contributed by atoms with Crippen LogP contribution in [0.15, 0.2) is 0 Å². The number of anilines is 3. The number of rotatable bonds is 18. The van der Waals surface area contributed by atoms with Crippen LogP contribution >= 0.6 is 23.2 Å². The first-order valence-corrected chi connectivity index (χ1v) is 14.5. The predicted octanol–water partition coefficient (Wildman–Crippen LogP) is 9.24. The third-order valence-corrected chi connectivity index (χ3v) is 7.63. The second kappa shape index (κ2) is 16.7. The normalized spacial score (nSPS) is 14.7. The smallest absolute Gasteiger partial charge is 0.152 e. The third-order valence-electron chi connectivity index (χ3n) is 6.87. The number of nitrogens with zero attached hydrogens (tertiary/aromatic N) is 2. The molecule has 0 aromatic carbocycles. The van der Waals surface area contributed by atoms with Gasteiger partial charge in [0.2, 0.25) is 0 Å². The molecule has 1 saturated heterocycles. The van der Waals surface area contributed by atoms with Crippen LogP contribution in [0.4, 0.5) is 17.3 Å². The molecule has 2 rings (SSSR count). The van der Waals surface area contributed by atoms with Crippen LogP contribution in [0.3, 0.4) is 0 Å². The molecule has 0 aliphatic carbocycles. The second-order valence-corrected chi connectivity index (χ2v) is 10.7. The van der Waals surface area contributed by atoms with E-state index in [1.807, 2.05) is 0 Å². The topological polar surface area (TPSA) is 54.2 Å². The fourth-order valence-corrected chi connectivity index (χ4v) is 5.23. The zero-order valence-electron chi connectivity index (χ0n) is 21.2. The van der Waals surface area contributed by atoms with Crippen molar-refractivity contribution < 1.29 is 0 Å². The van der Waals surface area contributed by atoms with Crippen molar-refractivity contribution in [3.8, 4) is 0 Å². The zero-order chi connectivity index (χ0) is 23.9. The number of pyridine rings is 1. The average Bonchev–Trinajstić information content (AvgIpc) is 3.34. The van der Waals surface area contributed by atoms with Gasteiger partial charge in [-0.3, -0.25) is 0 Å². The molecule has 4 nitrogen and oxygen atoms in total. The summed E-state index contributed by atoms with van der Waals surface area (Å²) in [6.07, 6.45) is 22.8. The van der Waals surface area contributed by atoms with Crippen LogP contribution in [0.1, 0.15) is 123 Å². The van der Waals surface area contributed by atoms with Crippen molar-refractivity contribution >= 4 is 40.5 Å². The minimum absolute atomic E-state index is 0.305. The lowest BCUT2D eigenvalue weighted by molar-refractivity contribution is 0.527. The number of halogens is 2. The van der Waals surface area contributed by atoms with Crippen molar-refractivity contribution in [1.29, 1.82) is 0 Å². The number of unbranched alkanes of at least 4 members (excludes halogenated alkanes) is 13. The Balaban J connectivity index is 1.55. The third kappa shape index (κ3) is 10.5. The summed E-state index contributed by atoms with van der Waals surface area (Å²) in [6, 6.07) is 0.305. The Morgan fingerprint density at radius 1 is 0.818 bits per heavy atom. The van der Waals surface area contributed by atoms with Crippen LogP contribution in [0.25, 0.3) is 0 Å². The number of nitrogens with two attached hydrogens (primary N) is 1. The predicted molar refractivity (Wildman–Crippen MR) is 148 cm³/mol. The highest BCUT2D eigenvalue weighted by atomic mass is 35.5. The molecule has 2 heterocycles. The van der Waals surface area contributed by atoms with Crippen LogP contribution in [-0.4, -0.2) is 24.1 Å². The summed E-state index contributed by atoms with van der Waals surface area (Å²) in [5, 5.41) is 4.40. The Bertz CT molecular complexity index is 662.